The van der Waals surface area contributed by atoms with Crippen molar-refractivity contribution < 1.29 is 9.84 Å². The molecule has 0 saturated heterocycles. The maximum absolute atomic E-state index is 10.1. The van der Waals surface area contributed by atoms with Crippen LogP contribution in [0.4, 0.5) is 0 Å². The largest absolute Gasteiger partial charge is 0.487 e. The number of aliphatic hydroxyl groups is 1. The van der Waals surface area contributed by atoms with Gasteiger partial charge in [-0.25, -0.2) is 0 Å². The lowest BCUT2D eigenvalue weighted by molar-refractivity contribution is 0.0490. The first-order valence-corrected chi connectivity index (χ1v) is 8.72. The topological polar surface area (TPSA) is 29.5 Å². The van der Waals surface area contributed by atoms with Gasteiger partial charge in [-0.2, -0.15) is 0 Å². The average Bonchev–Trinajstić information content (AvgIpc) is 2.64. The summed E-state index contributed by atoms with van der Waals surface area (Å²) in [6, 6.07) is 28.7. The highest BCUT2D eigenvalue weighted by Crippen LogP contribution is 2.19. The van der Waals surface area contributed by atoms with Crippen LogP contribution in [-0.2, 0) is 12.8 Å². The van der Waals surface area contributed by atoms with E-state index in [2.05, 4.69) is 48.5 Å². The molecule has 0 saturated carbocycles. The lowest BCUT2D eigenvalue weighted by atomic mass is 10.0. The molecule has 128 valence electrons. The quantitative estimate of drug-likeness (QED) is 0.682. The summed E-state index contributed by atoms with van der Waals surface area (Å²) in [4.78, 5) is 0. The molecule has 3 aromatic rings. The smallest absolute Gasteiger partial charge is 0.128 e. The number of hydrogen-bond acceptors (Lipinski definition) is 2. The summed E-state index contributed by atoms with van der Waals surface area (Å²) in [6.07, 6.45) is 0.793. The molecular formula is C23H24O2. The monoisotopic (exact) mass is 332 g/mol. The van der Waals surface area contributed by atoms with Crippen LogP contribution < -0.4 is 4.74 Å². The minimum atomic E-state index is -0.538. The average molecular weight is 332 g/mol. The van der Waals surface area contributed by atoms with Gasteiger partial charge in [0.1, 0.15) is 11.9 Å². The Balaban J connectivity index is 1.64. The van der Waals surface area contributed by atoms with Gasteiger partial charge in [0.15, 0.2) is 0 Å². The van der Waals surface area contributed by atoms with E-state index < -0.39 is 6.10 Å². The molecule has 1 N–H and O–H groups in total. The molecule has 0 radical (unpaired) electrons. The SMILES string of the molecule is CC(O)C(Cc1ccccc1)Oc1ccc(Cc2ccccc2)cc1. The van der Waals surface area contributed by atoms with E-state index in [0.717, 1.165) is 17.7 Å². The zero-order chi connectivity index (χ0) is 17.5. The molecule has 3 rings (SSSR count). The van der Waals surface area contributed by atoms with Crippen molar-refractivity contribution in [1.29, 1.82) is 0 Å². The highest BCUT2D eigenvalue weighted by molar-refractivity contribution is 5.31. The fourth-order valence-corrected chi connectivity index (χ4v) is 2.85. The molecular weight excluding hydrogens is 308 g/mol. The number of hydrogen-bond donors (Lipinski definition) is 1. The van der Waals surface area contributed by atoms with Gasteiger partial charge in [-0.05, 0) is 42.2 Å². The minimum absolute atomic E-state index is 0.262. The Kier molecular flexibility index (Phi) is 5.86. The van der Waals surface area contributed by atoms with E-state index in [-0.39, 0.29) is 6.10 Å². The summed E-state index contributed by atoms with van der Waals surface area (Å²) in [5.41, 5.74) is 3.70. The molecule has 2 nitrogen and oxygen atoms in total. The first-order valence-electron chi connectivity index (χ1n) is 8.72. The summed E-state index contributed by atoms with van der Waals surface area (Å²) in [7, 11) is 0. The second kappa shape index (κ2) is 8.50. The van der Waals surface area contributed by atoms with Crippen LogP contribution in [0.15, 0.2) is 84.9 Å². The number of ether oxygens (including phenoxy) is 1. The molecule has 2 atom stereocenters. The van der Waals surface area contributed by atoms with Crippen LogP contribution in [0.1, 0.15) is 23.6 Å². The fourth-order valence-electron chi connectivity index (χ4n) is 2.85. The van der Waals surface area contributed by atoms with E-state index in [4.69, 9.17) is 4.74 Å². The van der Waals surface area contributed by atoms with Gasteiger partial charge in [0.25, 0.3) is 0 Å². The van der Waals surface area contributed by atoms with Crippen molar-refractivity contribution in [3.8, 4) is 5.75 Å². The maximum Gasteiger partial charge on any atom is 0.128 e. The molecule has 0 aromatic heterocycles. The summed E-state index contributed by atoms with van der Waals surface area (Å²) in [5.74, 6) is 0.790. The van der Waals surface area contributed by atoms with Crippen LogP contribution in [0.2, 0.25) is 0 Å². The lowest BCUT2D eigenvalue weighted by Crippen LogP contribution is -2.31. The normalized spacial score (nSPS) is 13.2. The number of aliphatic hydroxyl groups excluding tert-OH is 1. The molecule has 2 unspecified atom stereocenters. The molecule has 0 fully saturated rings. The minimum Gasteiger partial charge on any atom is -0.487 e. The summed E-state index contributed by atoms with van der Waals surface area (Å²) in [5, 5.41) is 10.1. The van der Waals surface area contributed by atoms with Crippen molar-refractivity contribution in [2.24, 2.45) is 0 Å². The maximum atomic E-state index is 10.1. The van der Waals surface area contributed by atoms with E-state index in [1.807, 2.05) is 36.4 Å². The highest BCUT2D eigenvalue weighted by atomic mass is 16.5. The molecule has 0 heterocycles. The van der Waals surface area contributed by atoms with Gasteiger partial charge >= 0.3 is 0 Å². The van der Waals surface area contributed by atoms with Crippen molar-refractivity contribution in [1.82, 2.24) is 0 Å². The summed E-state index contributed by atoms with van der Waals surface area (Å²) < 4.78 is 6.04. The van der Waals surface area contributed by atoms with Crippen molar-refractivity contribution in [3.05, 3.63) is 102 Å². The number of benzene rings is 3. The van der Waals surface area contributed by atoms with Crippen molar-refractivity contribution >= 4 is 0 Å². The van der Waals surface area contributed by atoms with Crippen LogP contribution in [0.25, 0.3) is 0 Å². The molecule has 0 aliphatic carbocycles. The first-order chi connectivity index (χ1) is 12.2. The van der Waals surface area contributed by atoms with Gasteiger partial charge in [0.2, 0.25) is 0 Å². The molecule has 3 aromatic carbocycles. The molecule has 0 aliphatic heterocycles. The number of rotatable bonds is 7. The molecule has 2 heteroatoms. The molecule has 0 bridgehead atoms. The van der Waals surface area contributed by atoms with E-state index in [1.165, 1.54) is 11.1 Å². The summed E-state index contributed by atoms with van der Waals surface area (Å²) in [6.45, 7) is 1.78. The zero-order valence-electron chi connectivity index (χ0n) is 14.5. The van der Waals surface area contributed by atoms with Crippen LogP contribution >= 0.6 is 0 Å². The molecule has 0 aliphatic rings. The van der Waals surface area contributed by atoms with Gasteiger partial charge in [0.05, 0.1) is 6.10 Å². The summed E-state index contributed by atoms with van der Waals surface area (Å²) >= 11 is 0. The third-order valence-corrected chi connectivity index (χ3v) is 4.28. The third kappa shape index (κ3) is 5.20. The van der Waals surface area contributed by atoms with E-state index in [9.17, 15) is 5.11 Å². The lowest BCUT2D eigenvalue weighted by Gasteiger charge is -2.22. The van der Waals surface area contributed by atoms with E-state index in [0.29, 0.717) is 6.42 Å². The second-order valence-electron chi connectivity index (χ2n) is 6.39. The molecule has 25 heavy (non-hydrogen) atoms. The molecule has 0 amide bonds. The second-order valence-corrected chi connectivity index (χ2v) is 6.39. The Morgan fingerprint density at radius 2 is 1.24 bits per heavy atom. The van der Waals surface area contributed by atoms with Crippen LogP contribution in [0, 0.1) is 0 Å². The Hall–Kier alpha value is -2.58. The third-order valence-electron chi connectivity index (χ3n) is 4.28. The van der Waals surface area contributed by atoms with Crippen LogP contribution in [-0.4, -0.2) is 17.3 Å². The van der Waals surface area contributed by atoms with Gasteiger partial charge in [0, 0.05) is 6.42 Å². The highest BCUT2D eigenvalue weighted by Gasteiger charge is 2.17. The predicted octanol–water partition coefficient (Wildman–Crippen LogP) is 4.65. The molecule has 0 spiro atoms. The van der Waals surface area contributed by atoms with Crippen LogP contribution in [0.5, 0.6) is 5.75 Å². The van der Waals surface area contributed by atoms with Gasteiger partial charge in [-0.1, -0.05) is 72.8 Å². The Morgan fingerprint density at radius 3 is 1.80 bits per heavy atom. The Morgan fingerprint density at radius 1 is 0.720 bits per heavy atom. The van der Waals surface area contributed by atoms with Gasteiger partial charge < -0.3 is 9.84 Å². The predicted molar refractivity (Wildman–Crippen MR) is 102 cm³/mol. The fraction of sp³-hybridized carbons (Fsp3) is 0.217. The van der Waals surface area contributed by atoms with Crippen LogP contribution in [0.3, 0.4) is 0 Å². The van der Waals surface area contributed by atoms with E-state index >= 15 is 0 Å². The Bertz CT molecular complexity index is 749. The van der Waals surface area contributed by atoms with Crippen molar-refractivity contribution in [3.63, 3.8) is 0 Å². The zero-order valence-corrected chi connectivity index (χ0v) is 14.5. The van der Waals surface area contributed by atoms with E-state index in [1.54, 1.807) is 6.92 Å². The first kappa shape index (κ1) is 17.2. The Labute approximate surface area is 149 Å². The van der Waals surface area contributed by atoms with Crippen molar-refractivity contribution in [2.45, 2.75) is 32.0 Å². The standard InChI is InChI=1S/C23H24O2/c1-18(24)23(17-20-10-6-3-7-11-20)25-22-14-12-21(13-15-22)16-19-8-4-2-5-9-19/h2-15,18,23-24H,16-17H2,1H3. The van der Waals surface area contributed by atoms with Gasteiger partial charge in [-0.15, -0.1) is 0 Å². The van der Waals surface area contributed by atoms with Gasteiger partial charge in [-0.3, -0.25) is 0 Å². The van der Waals surface area contributed by atoms with Crippen molar-refractivity contribution in [2.75, 3.05) is 0 Å².